The van der Waals surface area contributed by atoms with Crippen molar-refractivity contribution in [2.45, 2.75) is 0 Å². The van der Waals surface area contributed by atoms with Gasteiger partial charge in [0, 0.05) is 30.9 Å². The zero-order chi connectivity index (χ0) is 22.2. The van der Waals surface area contributed by atoms with Crippen LogP contribution in [0.3, 0.4) is 0 Å². The summed E-state index contributed by atoms with van der Waals surface area (Å²) in [4.78, 5) is 2.32. The Morgan fingerprint density at radius 1 is 0.529 bits per heavy atom. The average molecular weight is 456 g/mol. The van der Waals surface area contributed by atoms with Crippen LogP contribution in [0.15, 0.2) is 108 Å². The number of fused-ring (bicyclic) bond motifs is 9. The molecule has 0 radical (unpaired) electrons. The molecular weight excluding hydrogens is 438 g/mol. The average Bonchev–Trinajstić information content (AvgIpc) is 3.45. The van der Waals surface area contributed by atoms with Gasteiger partial charge in [-0.05, 0) is 54.6 Å². The molecular formula is C30H17NO2S. The molecule has 0 bridgehead atoms. The van der Waals surface area contributed by atoms with E-state index in [0.717, 1.165) is 50.5 Å². The number of rotatable bonds is 1. The third kappa shape index (κ3) is 2.35. The molecule has 7 aromatic rings. The van der Waals surface area contributed by atoms with Crippen LogP contribution < -0.4 is 9.64 Å². The Bertz CT molecular complexity index is 1870. The van der Waals surface area contributed by atoms with Crippen LogP contribution in [0.2, 0.25) is 0 Å². The van der Waals surface area contributed by atoms with E-state index in [1.54, 1.807) is 0 Å². The fourth-order valence-electron chi connectivity index (χ4n) is 5.22. The van der Waals surface area contributed by atoms with E-state index in [2.05, 4.69) is 71.6 Å². The lowest BCUT2D eigenvalue weighted by molar-refractivity contribution is 0.477. The highest BCUT2D eigenvalue weighted by Crippen LogP contribution is 2.53. The first-order chi connectivity index (χ1) is 16.9. The van der Waals surface area contributed by atoms with E-state index in [9.17, 15) is 0 Å². The van der Waals surface area contributed by atoms with Crippen LogP contribution in [0.5, 0.6) is 11.5 Å². The molecule has 0 amide bonds. The van der Waals surface area contributed by atoms with Gasteiger partial charge < -0.3 is 14.1 Å². The Morgan fingerprint density at radius 2 is 1.21 bits per heavy atom. The molecule has 4 heteroatoms. The fraction of sp³-hybridized carbons (Fsp3) is 0. The summed E-state index contributed by atoms with van der Waals surface area (Å²) in [5, 5.41) is 4.68. The molecule has 1 aliphatic heterocycles. The number of furan rings is 1. The Morgan fingerprint density at radius 3 is 2.03 bits per heavy atom. The molecule has 0 fully saturated rings. The van der Waals surface area contributed by atoms with Crippen LogP contribution >= 0.6 is 11.3 Å². The molecule has 1 aliphatic rings. The Balaban J connectivity index is 1.53. The third-order valence-corrected chi connectivity index (χ3v) is 7.78. The summed E-state index contributed by atoms with van der Waals surface area (Å²) in [7, 11) is 0. The van der Waals surface area contributed by atoms with E-state index < -0.39 is 0 Å². The first-order valence-corrected chi connectivity index (χ1v) is 12.1. The zero-order valence-corrected chi connectivity index (χ0v) is 18.8. The summed E-state index contributed by atoms with van der Waals surface area (Å²) in [6.45, 7) is 0. The second-order valence-corrected chi connectivity index (χ2v) is 9.62. The van der Waals surface area contributed by atoms with Crippen LogP contribution in [0.25, 0.3) is 42.1 Å². The Labute approximate surface area is 199 Å². The Kier molecular flexibility index (Phi) is 3.54. The summed E-state index contributed by atoms with van der Waals surface area (Å²) < 4.78 is 15.2. The Hall–Kier alpha value is -4.28. The van der Waals surface area contributed by atoms with Gasteiger partial charge in [0.2, 0.25) is 0 Å². The zero-order valence-electron chi connectivity index (χ0n) is 18.0. The summed E-state index contributed by atoms with van der Waals surface area (Å²) in [6, 6.07) is 35.7. The molecule has 0 atom stereocenters. The van der Waals surface area contributed by atoms with Crippen molar-refractivity contribution in [1.82, 2.24) is 0 Å². The summed E-state index contributed by atoms with van der Waals surface area (Å²) in [6.07, 6.45) is 0. The maximum Gasteiger partial charge on any atom is 0.151 e. The minimum absolute atomic E-state index is 0.853. The fourth-order valence-corrected chi connectivity index (χ4v) is 6.34. The van der Waals surface area contributed by atoms with Crippen molar-refractivity contribution in [1.29, 1.82) is 0 Å². The maximum atomic E-state index is 6.48. The first-order valence-electron chi connectivity index (χ1n) is 11.3. The second kappa shape index (κ2) is 6.62. The van der Waals surface area contributed by atoms with Crippen molar-refractivity contribution in [2.24, 2.45) is 0 Å². The standard InChI is InChI=1S/C30H17NO2S/c1-4-12-23-18(8-1)19-16-17-27-29(30(19)33-23)28-22(11-7-15-26(28)34-27)31-20-9-2-5-13-24(20)32-25-14-6-3-10-21(25)31/h1-17H. The van der Waals surface area contributed by atoms with E-state index in [1.165, 1.54) is 20.2 Å². The van der Waals surface area contributed by atoms with Gasteiger partial charge >= 0.3 is 0 Å². The molecule has 0 saturated heterocycles. The molecule has 0 aliphatic carbocycles. The van der Waals surface area contributed by atoms with Crippen molar-refractivity contribution < 1.29 is 9.15 Å². The van der Waals surface area contributed by atoms with Crippen molar-refractivity contribution >= 4 is 70.5 Å². The van der Waals surface area contributed by atoms with Crippen LogP contribution in [-0.4, -0.2) is 0 Å². The number of nitrogens with zero attached hydrogens (tertiary/aromatic N) is 1. The third-order valence-electron chi connectivity index (χ3n) is 6.66. The first kappa shape index (κ1) is 18.2. The number of thiophene rings is 1. The molecule has 0 saturated carbocycles. The summed E-state index contributed by atoms with van der Waals surface area (Å²) >= 11 is 1.81. The van der Waals surface area contributed by atoms with Crippen molar-refractivity contribution in [2.75, 3.05) is 4.90 Å². The topological polar surface area (TPSA) is 25.6 Å². The normalized spacial score (nSPS) is 12.9. The van der Waals surface area contributed by atoms with E-state index in [-0.39, 0.29) is 0 Å². The predicted molar refractivity (Wildman–Crippen MR) is 141 cm³/mol. The van der Waals surface area contributed by atoms with Gasteiger partial charge in [0.25, 0.3) is 0 Å². The minimum atomic E-state index is 0.853. The lowest BCUT2D eigenvalue weighted by atomic mass is 10.0. The molecule has 0 unspecified atom stereocenters. The molecule has 3 nitrogen and oxygen atoms in total. The van der Waals surface area contributed by atoms with Crippen LogP contribution in [0, 0.1) is 0 Å². The maximum absolute atomic E-state index is 6.48. The predicted octanol–water partition coefficient (Wildman–Crippen LogP) is 9.53. The second-order valence-electron chi connectivity index (χ2n) is 8.54. The highest BCUT2D eigenvalue weighted by atomic mass is 32.1. The minimum Gasteiger partial charge on any atom is -0.455 e. The van der Waals surface area contributed by atoms with Gasteiger partial charge in [-0.1, -0.05) is 48.5 Å². The van der Waals surface area contributed by atoms with Crippen molar-refractivity contribution in [3.05, 3.63) is 103 Å². The van der Waals surface area contributed by atoms with E-state index >= 15 is 0 Å². The number of anilines is 3. The molecule has 5 aromatic carbocycles. The molecule has 2 aromatic heterocycles. The molecule has 0 N–H and O–H groups in total. The van der Waals surface area contributed by atoms with Gasteiger partial charge in [-0.3, -0.25) is 0 Å². The van der Waals surface area contributed by atoms with Crippen molar-refractivity contribution in [3.8, 4) is 11.5 Å². The summed E-state index contributed by atoms with van der Waals surface area (Å²) in [5.74, 6) is 1.71. The van der Waals surface area contributed by atoms with Crippen LogP contribution in [0.4, 0.5) is 17.1 Å². The molecule has 34 heavy (non-hydrogen) atoms. The SMILES string of the molecule is c1ccc2c(c1)Oc1ccccc1N2c1cccc2sc3ccc4c5ccccc5oc4c3c12. The lowest BCUT2D eigenvalue weighted by Gasteiger charge is -2.33. The van der Waals surface area contributed by atoms with E-state index in [0.29, 0.717) is 0 Å². The number of hydrogen-bond donors (Lipinski definition) is 0. The number of hydrogen-bond acceptors (Lipinski definition) is 4. The van der Waals surface area contributed by atoms with Crippen LogP contribution in [0.1, 0.15) is 0 Å². The highest BCUT2D eigenvalue weighted by Gasteiger charge is 2.28. The molecule has 0 spiro atoms. The van der Waals surface area contributed by atoms with E-state index in [4.69, 9.17) is 9.15 Å². The monoisotopic (exact) mass is 455 g/mol. The van der Waals surface area contributed by atoms with Crippen molar-refractivity contribution in [3.63, 3.8) is 0 Å². The lowest BCUT2D eigenvalue weighted by Crippen LogP contribution is -2.15. The van der Waals surface area contributed by atoms with Gasteiger partial charge in [0.05, 0.1) is 17.1 Å². The number of ether oxygens (including phenoxy) is 1. The van der Waals surface area contributed by atoms with Gasteiger partial charge in [0.1, 0.15) is 11.2 Å². The van der Waals surface area contributed by atoms with Gasteiger partial charge in [-0.15, -0.1) is 11.3 Å². The quantitative estimate of drug-likeness (QED) is 0.246. The molecule has 160 valence electrons. The highest BCUT2D eigenvalue weighted by molar-refractivity contribution is 7.26. The molecule has 3 heterocycles. The van der Waals surface area contributed by atoms with Gasteiger partial charge in [-0.2, -0.15) is 0 Å². The smallest absolute Gasteiger partial charge is 0.151 e. The number of para-hydroxylation sites is 5. The largest absolute Gasteiger partial charge is 0.455 e. The van der Waals surface area contributed by atoms with Gasteiger partial charge in [0.15, 0.2) is 11.5 Å². The van der Waals surface area contributed by atoms with Gasteiger partial charge in [-0.25, -0.2) is 0 Å². The van der Waals surface area contributed by atoms with Crippen LogP contribution in [-0.2, 0) is 0 Å². The summed E-state index contributed by atoms with van der Waals surface area (Å²) in [5.41, 5.74) is 5.06. The molecule has 8 rings (SSSR count). The number of benzene rings is 5. The van der Waals surface area contributed by atoms with E-state index in [1.807, 2.05) is 47.7 Å².